The number of rotatable bonds is 3. The van der Waals surface area contributed by atoms with Crippen molar-refractivity contribution in [2.75, 3.05) is 13.2 Å². The molecule has 2 aromatic rings. The second kappa shape index (κ2) is 6.10. The Bertz CT molecular complexity index is 679. The van der Waals surface area contributed by atoms with Gasteiger partial charge in [0.05, 0.1) is 6.04 Å². The third-order valence-electron chi connectivity index (χ3n) is 3.73. The summed E-state index contributed by atoms with van der Waals surface area (Å²) in [5.74, 6) is 1.41. The summed E-state index contributed by atoms with van der Waals surface area (Å²) in [5.41, 5.74) is 2.79. The fourth-order valence-electron chi connectivity index (χ4n) is 2.40. The number of fused-ring (bicyclic) bond motifs is 1. The van der Waals surface area contributed by atoms with Crippen LogP contribution in [0.25, 0.3) is 0 Å². The largest absolute Gasteiger partial charge is 0.486 e. The monoisotopic (exact) mass is 297 g/mol. The molecule has 0 saturated carbocycles. The molecule has 0 bridgehead atoms. The lowest BCUT2D eigenvalue weighted by atomic mass is 10.1. The Hall–Kier alpha value is -2.49. The molecule has 4 nitrogen and oxygen atoms in total. The zero-order chi connectivity index (χ0) is 15.5. The zero-order valence-corrected chi connectivity index (χ0v) is 12.8. The second-order valence-electron chi connectivity index (χ2n) is 5.46. The highest BCUT2D eigenvalue weighted by Gasteiger charge is 2.16. The number of carbonyl (C=O) groups excluding carboxylic acids is 1. The van der Waals surface area contributed by atoms with Gasteiger partial charge in [0.25, 0.3) is 5.91 Å². The molecule has 2 aromatic carbocycles. The molecule has 4 heteroatoms. The van der Waals surface area contributed by atoms with E-state index in [2.05, 4.69) is 5.32 Å². The van der Waals surface area contributed by atoms with E-state index in [-0.39, 0.29) is 11.9 Å². The highest BCUT2D eigenvalue weighted by molar-refractivity contribution is 5.94. The molecule has 1 N–H and O–H groups in total. The minimum atomic E-state index is -0.107. The van der Waals surface area contributed by atoms with Gasteiger partial charge in [-0.05, 0) is 43.7 Å². The van der Waals surface area contributed by atoms with Crippen LogP contribution in [0.5, 0.6) is 11.5 Å². The Balaban J connectivity index is 1.72. The molecule has 0 spiro atoms. The number of nitrogens with one attached hydrogen (secondary N) is 1. The van der Waals surface area contributed by atoms with Crippen molar-refractivity contribution in [1.82, 2.24) is 5.32 Å². The summed E-state index contributed by atoms with van der Waals surface area (Å²) in [6, 6.07) is 13.2. The van der Waals surface area contributed by atoms with Crippen LogP contribution >= 0.6 is 0 Å². The molecule has 1 atom stereocenters. The summed E-state index contributed by atoms with van der Waals surface area (Å²) >= 11 is 0. The van der Waals surface area contributed by atoms with Crippen LogP contribution in [0.2, 0.25) is 0 Å². The van der Waals surface area contributed by atoms with Gasteiger partial charge in [-0.15, -0.1) is 0 Å². The third-order valence-corrected chi connectivity index (χ3v) is 3.73. The van der Waals surface area contributed by atoms with Gasteiger partial charge in [-0.25, -0.2) is 0 Å². The van der Waals surface area contributed by atoms with E-state index in [0.717, 1.165) is 22.6 Å². The van der Waals surface area contributed by atoms with Crippen LogP contribution in [0.3, 0.4) is 0 Å². The highest BCUT2D eigenvalue weighted by atomic mass is 16.6. The molecule has 0 aromatic heterocycles. The first-order chi connectivity index (χ1) is 10.6. The average Bonchev–Trinajstić information content (AvgIpc) is 2.55. The minimum Gasteiger partial charge on any atom is -0.486 e. The Kier molecular flexibility index (Phi) is 4.00. The molecule has 0 saturated heterocycles. The Morgan fingerprint density at radius 3 is 2.45 bits per heavy atom. The molecule has 1 heterocycles. The fourth-order valence-corrected chi connectivity index (χ4v) is 2.40. The summed E-state index contributed by atoms with van der Waals surface area (Å²) in [5, 5.41) is 3.00. The van der Waals surface area contributed by atoms with Gasteiger partial charge in [-0.2, -0.15) is 0 Å². The molecule has 0 fully saturated rings. The van der Waals surface area contributed by atoms with Gasteiger partial charge in [0.15, 0.2) is 11.5 Å². The van der Waals surface area contributed by atoms with Crippen LogP contribution in [0.1, 0.15) is 34.5 Å². The van der Waals surface area contributed by atoms with Crippen molar-refractivity contribution in [2.24, 2.45) is 0 Å². The van der Waals surface area contributed by atoms with Crippen molar-refractivity contribution in [1.29, 1.82) is 0 Å². The predicted molar refractivity (Wildman–Crippen MR) is 84.5 cm³/mol. The highest BCUT2D eigenvalue weighted by Crippen LogP contribution is 2.32. The molecule has 1 amide bonds. The van der Waals surface area contributed by atoms with Crippen LogP contribution in [-0.4, -0.2) is 19.1 Å². The van der Waals surface area contributed by atoms with E-state index in [0.29, 0.717) is 18.8 Å². The van der Waals surface area contributed by atoms with Crippen molar-refractivity contribution < 1.29 is 14.3 Å². The zero-order valence-electron chi connectivity index (χ0n) is 12.8. The second-order valence-corrected chi connectivity index (χ2v) is 5.46. The van der Waals surface area contributed by atoms with Crippen molar-refractivity contribution >= 4 is 5.91 Å². The quantitative estimate of drug-likeness (QED) is 0.946. The van der Waals surface area contributed by atoms with Crippen LogP contribution in [0.4, 0.5) is 0 Å². The summed E-state index contributed by atoms with van der Waals surface area (Å²) < 4.78 is 11.1. The molecule has 0 radical (unpaired) electrons. The standard InChI is InChI=1S/C18H19NO3/c1-12-3-5-14(6-4-12)18(20)19-13(2)15-7-8-16-17(11-15)22-10-9-21-16/h3-8,11,13H,9-10H2,1-2H3,(H,19,20). The van der Waals surface area contributed by atoms with Crippen LogP contribution in [-0.2, 0) is 0 Å². The topological polar surface area (TPSA) is 47.6 Å². The van der Waals surface area contributed by atoms with Gasteiger partial charge in [0.2, 0.25) is 0 Å². The smallest absolute Gasteiger partial charge is 0.251 e. The van der Waals surface area contributed by atoms with Gasteiger partial charge >= 0.3 is 0 Å². The Morgan fingerprint density at radius 2 is 1.73 bits per heavy atom. The minimum absolute atomic E-state index is 0.0811. The average molecular weight is 297 g/mol. The summed E-state index contributed by atoms with van der Waals surface area (Å²) in [4.78, 5) is 12.3. The molecular weight excluding hydrogens is 278 g/mol. The van der Waals surface area contributed by atoms with Gasteiger partial charge in [0, 0.05) is 5.56 Å². The normalized spacial score (nSPS) is 14.3. The van der Waals surface area contributed by atoms with Crippen molar-refractivity contribution in [3.05, 3.63) is 59.2 Å². The van der Waals surface area contributed by atoms with E-state index in [4.69, 9.17) is 9.47 Å². The van der Waals surface area contributed by atoms with Crippen molar-refractivity contribution in [3.63, 3.8) is 0 Å². The predicted octanol–water partition coefficient (Wildman–Crippen LogP) is 3.26. The SMILES string of the molecule is Cc1ccc(C(=O)NC(C)c2ccc3c(c2)OCCO3)cc1. The van der Waals surface area contributed by atoms with Crippen LogP contribution < -0.4 is 14.8 Å². The molecule has 1 aliphatic heterocycles. The Labute approximate surface area is 130 Å². The summed E-state index contributed by atoms with van der Waals surface area (Å²) in [6.45, 7) is 5.09. The van der Waals surface area contributed by atoms with E-state index >= 15 is 0 Å². The third kappa shape index (κ3) is 3.06. The lowest BCUT2D eigenvalue weighted by Crippen LogP contribution is -2.26. The Morgan fingerprint density at radius 1 is 1.05 bits per heavy atom. The van der Waals surface area contributed by atoms with Crippen molar-refractivity contribution in [3.8, 4) is 11.5 Å². The molecule has 22 heavy (non-hydrogen) atoms. The van der Waals surface area contributed by atoms with Gasteiger partial charge in [-0.3, -0.25) is 4.79 Å². The molecule has 1 unspecified atom stereocenters. The number of hydrogen-bond donors (Lipinski definition) is 1. The number of hydrogen-bond acceptors (Lipinski definition) is 3. The first-order valence-corrected chi connectivity index (χ1v) is 7.40. The maximum Gasteiger partial charge on any atom is 0.251 e. The number of carbonyl (C=O) groups is 1. The molecule has 0 aliphatic carbocycles. The molecule has 114 valence electrons. The summed E-state index contributed by atoms with van der Waals surface area (Å²) in [6.07, 6.45) is 0. The first kappa shape index (κ1) is 14.4. The van der Waals surface area contributed by atoms with E-state index in [1.54, 1.807) is 0 Å². The number of ether oxygens (including phenoxy) is 2. The van der Waals surface area contributed by atoms with Gasteiger partial charge in [-0.1, -0.05) is 23.8 Å². The molecule has 3 rings (SSSR count). The van der Waals surface area contributed by atoms with E-state index in [9.17, 15) is 4.79 Å². The fraction of sp³-hybridized carbons (Fsp3) is 0.278. The lowest BCUT2D eigenvalue weighted by Gasteiger charge is -2.21. The molecular formula is C18H19NO3. The first-order valence-electron chi connectivity index (χ1n) is 7.40. The lowest BCUT2D eigenvalue weighted by molar-refractivity contribution is 0.0939. The summed E-state index contributed by atoms with van der Waals surface area (Å²) in [7, 11) is 0. The van der Waals surface area contributed by atoms with Gasteiger partial charge < -0.3 is 14.8 Å². The number of aryl methyl sites for hydroxylation is 1. The van der Waals surface area contributed by atoms with Gasteiger partial charge in [0.1, 0.15) is 13.2 Å². The van der Waals surface area contributed by atoms with E-state index in [1.165, 1.54) is 0 Å². The van der Waals surface area contributed by atoms with Crippen molar-refractivity contribution in [2.45, 2.75) is 19.9 Å². The maximum absolute atomic E-state index is 12.3. The maximum atomic E-state index is 12.3. The van der Waals surface area contributed by atoms with Crippen LogP contribution in [0.15, 0.2) is 42.5 Å². The number of benzene rings is 2. The van der Waals surface area contributed by atoms with Crippen LogP contribution in [0, 0.1) is 6.92 Å². The van der Waals surface area contributed by atoms with E-state index < -0.39 is 0 Å². The van der Waals surface area contributed by atoms with E-state index in [1.807, 2.05) is 56.3 Å². The molecule has 1 aliphatic rings. The number of amides is 1.